The SMILES string of the molecule is CC1=NN(Cc2ccccc2)C2CNC(Cc3ccccc3)CN12. The van der Waals surface area contributed by atoms with E-state index in [1.165, 1.54) is 11.1 Å². The molecule has 1 N–H and O–H groups in total. The first-order valence-electron chi connectivity index (χ1n) is 8.69. The molecule has 0 saturated carbocycles. The maximum absolute atomic E-state index is 4.81. The van der Waals surface area contributed by atoms with Crippen LogP contribution in [0.3, 0.4) is 0 Å². The molecule has 2 aliphatic rings. The first-order valence-corrected chi connectivity index (χ1v) is 8.69. The Labute approximate surface area is 143 Å². The van der Waals surface area contributed by atoms with Gasteiger partial charge >= 0.3 is 0 Å². The van der Waals surface area contributed by atoms with Crippen LogP contribution in [0.15, 0.2) is 65.8 Å². The van der Waals surface area contributed by atoms with Crippen molar-refractivity contribution < 1.29 is 0 Å². The van der Waals surface area contributed by atoms with Crippen molar-refractivity contribution in [1.29, 1.82) is 0 Å². The summed E-state index contributed by atoms with van der Waals surface area (Å²) >= 11 is 0. The first kappa shape index (κ1) is 15.2. The van der Waals surface area contributed by atoms with E-state index in [1.54, 1.807) is 0 Å². The van der Waals surface area contributed by atoms with E-state index in [2.05, 4.69) is 82.8 Å². The normalized spacial score (nSPS) is 23.1. The highest BCUT2D eigenvalue weighted by atomic mass is 15.6. The van der Waals surface area contributed by atoms with Crippen LogP contribution in [0.2, 0.25) is 0 Å². The third-order valence-corrected chi connectivity index (χ3v) is 4.91. The molecule has 2 unspecified atom stereocenters. The smallest absolute Gasteiger partial charge is 0.132 e. The fraction of sp³-hybridized carbons (Fsp3) is 0.350. The minimum Gasteiger partial charge on any atom is -0.334 e. The summed E-state index contributed by atoms with van der Waals surface area (Å²) in [5.41, 5.74) is 2.70. The number of fused-ring (bicyclic) bond motifs is 1. The van der Waals surface area contributed by atoms with E-state index < -0.39 is 0 Å². The highest BCUT2D eigenvalue weighted by Gasteiger charge is 2.36. The maximum Gasteiger partial charge on any atom is 0.132 e. The van der Waals surface area contributed by atoms with Gasteiger partial charge in [-0.25, -0.2) is 0 Å². The number of hydrogen-bond donors (Lipinski definition) is 1. The summed E-state index contributed by atoms with van der Waals surface area (Å²) in [4.78, 5) is 2.45. The van der Waals surface area contributed by atoms with E-state index >= 15 is 0 Å². The molecule has 2 aliphatic heterocycles. The van der Waals surface area contributed by atoms with Gasteiger partial charge < -0.3 is 10.2 Å². The Morgan fingerprint density at radius 1 is 1.00 bits per heavy atom. The summed E-state index contributed by atoms with van der Waals surface area (Å²) in [6.45, 7) is 4.96. The summed E-state index contributed by atoms with van der Waals surface area (Å²) < 4.78 is 0. The number of amidine groups is 1. The van der Waals surface area contributed by atoms with Gasteiger partial charge in [0.05, 0.1) is 6.54 Å². The monoisotopic (exact) mass is 320 g/mol. The summed E-state index contributed by atoms with van der Waals surface area (Å²) in [6, 6.07) is 21.8. The molecule has 2 atom stereocenters. The van der Waals surface area contributed by atoms with Gasteiger partial charge in [0, 0.05) is 19.1 Å². The Balaban J connectivity index is 1.41. The van der Waals surface area contributed by atoms with Crippen molar-refractivity contribution in [1.82, 2.24) is 15.2 Å². The molecular formula is C20H24N4. The lowest BCUT2D eigenvalue weighted by atomic mass is 10.0. The van der Waals surface area contributed by atoms with Crippen LogP contribution in [0.25, 0.3) is 0 Å². The molecule has 0 spiro atoms. The van der Waals surface area contributed by atoms with Gasteiger partial charge in [-0.2, -0.15) is 5.10 Å². The van der Waals surface area contributed by atoms with Crippen LogP contribution in [-0.4, -0.2) is 41.0 Å². The highest BCUT2D eigenvalue weighted by molar-refractivity contribution is 5.81. The molecule has 0 bridgehead atoms. The predicted octanol–water partition coefficient (Wildman–Crippen LogP) is 2.68. The van der Waals surface area contributed by atoms with Gasteiger partial charge in [-0.05, 0) is 24.5 Å². The molecule has 4 nitrogen and oxygen atoms in total. The quantitative estimate of drug-likeness (QED) is 0.940. The second-order valence-corrected chi connectivity index (χ2v) is 6.66. The number of benzene rings is 2. The van der Waals surface area contributed by atoms with Crippen LogP contribution >= 0.6 is 0 Å². The number of nitrogens with one attached hydrogen (secondary N) is 1. The second kappa shape index (κ2) is 6.65. The second-order valence-electron chi connectivity index (χ2n) is 6.66. The zero-order valence-corrected chi connectivity index (χ0v) is 14.1. The van der Waals surface area contributed by atoms with Gasteiger partial charge in [0.25, 0.3) is 0 Å². The molecule has 124 valence electrons. The van der Waals surface area contributed by atoms with Crippen molar-refractivity contribution in [3.8, 4) is 0 Å². The Morgan fingerprint density at radius 3 is 2.38 bits per heavy atom. The van der Waals surface area contributed by atoms with Crippen LogP contribution in [0.5, 0.6) is 0 Å². The van der Waals surface area contributed by atoms with Crippen LogP contribution < -0.4 is 5.32 Å². The van der Waals surface area contributed by atoms with E-state index in [-0.39, 0.29) is 0 Å². The number of hydrazone groups is 1. The molecule has 0 aromatic heterocycles. The maximum atomic E-state index is 4.81. The van der Waals surface area contributed by atoms with Crippen LogP contribution in [0.4, 0.5) is 0 Å². The number of hydrogen-bond acceptors (Lipinski definition) is 4. The fourth-order valence-electron chi connectivity index (χ4n) is 3.68. The zero-order valence-electron chi connectivity index (χ0n) is 14.1. The largest absolute Gasteiger partial charge is 0.334 e. The number of nitrogens with zero attached hydrogens (tertiary/aromatic N) is 3. The van der Waals surface area contributed by atoms with Gasteiger partial charge in [-0.15, -0.1) is 0 Å². The molecular weight excluding hydrogens is 296 g/mol. The van der Waals surface area contributed by atoms with Crippen molar-refractivity contribution in [2.45, 2.75) is 32.1 Å². The lowest BCUT2D eigenvalue weighted by molar-refractivity contribution is 0.0842. The van der Waals surface area contributed by atoms with E-state index in [0.29, 0.717) is 12.2 Å². The van der Waals surface area contributed by atoms with Crippen LogP contribution in [0, 0.1) is 0 Å². The Morgan fingerprint density at radius 2 is 1.67 bits per heavy atom. The average molecular weight is 320 g/mol. The van der Waals surface area contributed by atoms with E-state index in [4.69, 9.17) is 5.10 Å². The molecule has 1 saturated heterocycles. The molecule has 4 heteroatoms. The average Bonchev–Trinajstić information content (AvgIpc) is 2.92. The summed E-state index contributed by atoms with van der Waals surface area (Å²) in [7, 11) is 0. The van der Waals surface area contributed by atoms with Crippen molar-refractivity contribution in [2.75, 3.05) is 13.1 Å². The third kappa shape index (κ3) is 3.15. The molecule has 0 aliphatic carbocycles. The van der Waals surface area contributed by atoms with Gasteiger partial charge in [0.15, 0.2) is 0 Å². The van der Waals surface area contributed by atoms with Crippen molar-refractivity contribution >= 4 is 5.84 Å². The highest BCUT2D eigenvalue weighted by Crippen LogP contribution is 2.23. The van der Waals surface area contributed by atoms with E-state index in [1.807, 2.05) is 0 Å². The van der Waals surface area contributed by atoms with E-state index in [0.717, 1.165) is 31.9 Å². The van der Waals surface area contributed by atoms with Crippen LogP contribution in [-0.2, 0) is 13.0 Å². The standard InChI is InChI=1S/C20H24N4/c1-16-22-24(14-18-10-6-3-7-11-18)20-13-21-19(15-23(16)20)12-17-8-4-2-5-9-17/h2-11,19-21H,12-15H2,1H3. The lowest BCUT2D eigenvalue weighted by Gasteiger charge is -2.40. The van der Waals surface area contributed by atoms with Gasteiger partial charge in [-0.1, -0.05) is 60.7 Å². The number of piperazine rings is 1. The molecule has 0 radical (unpaired) electrons. The Kier molecular flexibility index (Phi) is 4.22. The molecule has 0 amide bonds. The summed E-state index contributed by atoms with van der Waals surface area (Å²) in [5, 5.41) is 10.7. The molecule has 2 heterocycles. The van der Waals surface area contributed by atoms with E-state index in [9.17, 15) is 0 Å². The molecule has 1 fully saturated rings. The topological polar surface area (TPSA) is 30.9 Å². The predicted molar refractivity (Wildman–Crippen MR) is 97.5 cm³/mol. The van der Waals surface area contributed by atoms with Gasteiger partial charge in [0.2, 0.25) is 0 Å². The Bertz CT molecular complexity index is 698. The molecule has 4 rings (SSSR count). The lowest BCUT2D eigenvalue weighted by Crippen LogP contribution is -2.59. The van der Waals surface area contributed by atoms with Gasteiger partial charge in [0.1, 0.15) is 12.0 Å². The van der Waals surface area contributed by atoms with Crippen molar-refractivity contribution in [3.63, 3.8) is 0 Å². The summed E-state index contributed by atoms with van der Waals surface area (Å²) in [5.74, 6) is 1.13. The minimum absolute atomic E-state index is 0.331. The fourth-order valence-corrected chi connectivity index (χ4v) is 3.68. The first-order chi connectivity index (χ1) is 11.8. The third-order valence-electron chi connectivity index (χ3n) is 4.91. The molecule has 2 aromatic carbocycles. The zero-order chi connectivity index (χ0) is 16.4. The number of rotatable bonds is 4. The molecule has 2 aromatic rings. The van der Waals surface area contributed by atoms with Gasteiger partial charge in [-0.3, -0.25) is 5.01 Å². The molecule has 24 heavy (non-hydrogen) atoms. The minimum atomic E-state index is 0.331. The van der Waals surface area contributed by atoms with Crippen molar-refractivity contribution in [3.05, 3.63) is 71.8 Å². The van der Waals surface area contributed by atoms with Crippen molar-refractivity contribution in [2.24, 2.45) is 5.10 Å². The Hall–Kier alpha value is -2.33. The summed E-state index contributed by atoms with van der Waals surface area (Å²) in [6.07, 6.45) is 1.40. The van der Waals surface area contributed by atoms with Crippen LogP contribution in [0.1, 0.15) is 18.1 Å².